The fraction of sp³-hybridized carbons (Fsp3) is 1.00. The lowest BCUT2D eigenvalue weighted by Crippen LogP contribution is -2.14. The summed E-state index contributed by atoms with van der Waals surface area (Å²) in [5, 5.41) is 0. The molecule has 1 fully saturated rings. The van der Waals surface area contributed by atoms with Crippen molar-refractivity contribution in [1.82, 2.24) is 0 Å². The molecule has 0 aromatic heterocycles. The van der Waals surface area contributed by atoms with Crippen LogP contribution in [0.15, 0.2) is 0 Å². The number of hydrogen-bond acceptors (Lipinski definition) is 0. The first-order valence-electron chi connectivity index (χ1n) is 6.14. The van der Waals surface area contributed by atoms with Crippen molar-refractivity contribution < 1.29 is 0 Å². The minimum absolute atomic E-state index is 0.595. The first kappa shape index (κ1) is 11.1. The summed E-state index contributed by atoms with van der Waals surface area (Å²) in [6.45, 7) is 7.15. The van der Waals surface area contributed by atoms with E-state index in [-0.39, 0.29) is 0 Å². The van der Waals surface area contributed by atoms with Gasteiger partial charge in [-0.25, -0.2) is 0 Å². The third-order valence-corrected chi connectivity index (χ3v) is 3.91. The van der Waals surface area contributed by atoms with Gasteiger partial charge in [0.1, 0.15) is 0 Å². The zero-order chi connectivity index (χ0) is 9.73. The fourth-order valence-electron chi connectivity index (χ4n) is 2.25. The maximum Gasteiger partial charge on any atom is -0.0357 e. The van der Waals surface area contributed by atoms with Crippen LogP contribution < -0.4 is 0 Å². The molecule has 0 aromatic carbocycles. The molecule has 1 rings (SSSR count). The predicted molar refractivity (Wildman–Crippen MR) is 59.9 cm³/mol. The van der Waals surface area contributed by atoms with Crippen molar-refractivity contribution in [3.8, 4) is 0 Å². The van der Waals surface area contributed by atoms with Crippen molar-refractivity contribution in [2.24, 2.45) is 11.3 Å². The Bertz CT molecular complexity index is 129. The quantitative estimate of drug-likeness (QED) is 0.587. The SMILES string of the molecule is CCC(C)(C)CCC1CCCCC1. The molecule has 1 aliphatic rings. The first-order valence-corrected chi connectivity index (χ1v) is 6.14. The fourth-order valence-corrected chi connectivity index (χ4v) is 2.25. The molecule has 13 heavy (non-hydrogen) atoms. The highest BCUT2D eigenvalue weighted by Crippen LogP contribution is 2.33. The first-order chi connectivity index (χ1) is 6.14. The van der Waals surface area contributed by atoms with Crippen LogP contribution in [0.3, 0.4) is 0 Å². The van der Waals surface area contributed by atoms with Crippen molar-refractivity contribution in [2.75, 3.05) is 0 Å². The van der Waals surface area contributed by atoms with E-state index in [4.69, 9.17) is 0 Å². The summed E-state index contributed by atoms with van der Waals surface area (Å²) in [4.78, 5) is 0. The molecular formula is C13H26. The molecule has 78 valence electrons. The monoisotopic (exact) mass is 182 g/mol. The van der Waals surface area contributed by atoms with Crippen molar-refractivity contribution in [2.45, 2.75) is 72.1 Å². The van der Waals surface area contributed by atoms with Crippen LogP contribution in [0.25, 0.3) is 0 Å². The highest BCUT2D eigenvalue weighted by atomic mass is 14.2. The second-order valence-corrected chi connectivity index (χ2v) is 5.56. The Morgan fingerprint density at radius 3 is 2.23 bits per heavy atom. The summed E-state index contributed by atoms with van der Waals surface area (Å²) in [5.41, 5.74) is 0.595. The Hall–Kier alpha value is 0. The molecule has 0 heterocycles. The molecule has 0 heteroatoms. The summed E-state index contributed by atoms with van der Waals surface area (Å²) in [6.07, 6.45) is 11.8. The summed E-state index contributed by atoms with van der Waals surface area (Å²) in [6, 6.07) is 0. The molecule has 1 saturated carbocycles. The standard InChI is InChI=1S/C13H26/c1-4-13(2,3)11-10-12-8-6-5-7-9-12/h12H,4-11H2,1-3H3. The maximum atomic E-state index is 2.41. The van der Waals surface area contributed by atoms with Crippen molar-refractivity contribution in [3.05, 3.63) is 0 Å². The van der Waals surface area contributed by atoms with Crippen LogP contribution in [-0.2, 0) is 0 Å². The number of hydrogen-bond donors (Lipinski definition) is 0. The van der Waals surface area contributed by atoms with Crippen molar-refractivity contribution >= 4 is 0 Å². The van der Waals surface area contributed by atoms with Gasteiger partial charge >= 0.3 is 0 Å². The third kappa shape index (κ3) is 4.15. The van der Waals surface area contributed by atoms with Gasteiger partial charge in [-0.15, -0.1) is 0 Å². The van der Waals surface area contributed by atoms with Crippen molar-refractivity contribution in [3.63, 3.8) is 0 Å². The molecule has 0 unspecified atom stereocenters. The lowest BCUT2D eigenvalue weighted by molar-refractivity contribution is 0.251. The molecule has 0 N–H and O–H groups in total. The van der Waals surface area contributed by atoms with Crippen LogP contribution in [0.5, 0.6) is 0 Å². The molecule has 0 atom stereocenters. The van der Waals surface area contributed by atoms with Crippen LogP contribution in [0, 0.1) is 11.3 Å². The van der Waals surface area contributed by atoms with Gasteiger partial charge in [-0.1, -0.05) is 59.3 Å². The molecule has 0 amide bonds. The minimum Gasteiger partial charge on any atom is -0.0649 e. The molecule has 0 bridgehead atoms. The molecule has 0 spiro atoms. The van der Waals surface area contributed by atoms with Gasteiger partial charge < -0.3 is 0 Å². The maximum absolute atomic E-state index is 2.41. The summed E-state index contributed by atoms with van der Waals surface area (Å²) in [5.74, 6) is 1.07. The van der Waals surface area contributed by atoms with Gasteiger partial charge in [-0.3, -0.25) is 0 Å². The number of rotatable bonds is 4. The second kappa shape index (κ2) is 5.02. The summed E-state index contributed by atoms with van der Waals surface area (Å²) in [7, 11) is 0. The van der Waals surface area contributed by atoms with Gasteiger partial charge in [-0.2, -0.15) is 0 Å². The minimum atomic E-state index is 0.595. The van der Waals surface area contributed by atoms with Gasteiger partial charge in [0.25, 0.3) is 0 Å². The normalized spacial score (nSPS) is 20.5. The van der Waals surface area contributed by atoms with Crippen LogP contribution in [0.4, 0.5) is 0 Å². The van der Waals surface area contributed by atoms with E-state index >= 15 is 0 Å². The Labute approximate surface area is 84.1 Å². The molecule has 1 aliphatic carbocycles. The Balaban J connectivity index is 2.17. The molecule has 0 nitrogen and oxygen atoms in total. The zero-order valence-electron chi connectivity index (χ0n) is 9.73. The van der Waals surface area contributed by atoms with Crippen LogP contribution in [0.2, 0.25) is 0 Å². The van der Waals surface area contributed by atoms with E-state index in [0.717, 1.165) is 5.92 Å². The molecular weight excluding hydrogens is 156 g/mol. The van der Waals surface area contributed by atoms with Crippen LogP contribution in [-0.4, -0.2) is 0 Å². The Morgan fingerprint density at radius 1 is 1.08 bits per heavy atom. The lowest BCUT2D eigenvalue weighted by atomic mass is 9.78. The average Bonchev–Trinajstić information content (AvgIpc) is 2.17. The van der Waals surface area contributed by atoms with E-state index in [0.29, 0.717) is 5.41 Å². The van der Waals surface area contributed by atoms with E-state index in [9.17, 15) is 0 Å². The highest BCUT2D eigenvalue weighted by molar-refractivity contribution is 4.71. The van der Waals surface area contributed by atoms with Gasteiger partial charge in [-0.05, 0) is 24.2 Å². The topological polar surface area (TPSA) is 0 Å². The van der Waals surface area contributed by atoms with Crippen molar-refractivity contribution in [1.29, 1.82) is 0 Å². The molecule has 0 aliphatic heterocycles. The van der Waals surface area contributed by atoms with Gasteiger partial charge in [0, 0.05) is 0 Å². The largest absolute Gasteiger partial charge is 0.0649 e. The predicted octanol–water partition coefficient (Wildman–Crippen LogP) is 4.78. The Morgan fingerprint density at radius 2 is 1.69 bits per heavy atom. The molecule has 0 radical (unpaired) electrons. The van der Waals surface area contributed by atoms with Gasteiger partial charge in [0.2, 0.25) is 0 Å². The molecule has 0 saturated heterocycles. The van der Waals surface area contributed by atoms with E-state index in [1.54, 1.807) is 0 Å². The zero-order valence-corrected chi connectivity index (χ0v) is 9.73. The van der Waals surface area contributed by atoms with Gasteiger partial charge in [0.15, 0.2) is 0 Å². The second-order valence-electron chi connectivity index (χ2n) is 5.56. The summed E-state index contributed by atoms with van der Waals surface area (Å²) >= 11 is 0. The van der Waals surface area contributed by atoms with Gasteiger partial charge in [0.05, 0.1) is 0 Å². The Kier molecular flexibility index (Phi) is 4.28. The smallest absolute Gasteiger partial charge is 0.0357 e. The average molecular weight is 182 g/mol. The highest BCUT2D eigenvalue weighted by Gasteiger charge is 2.19. The third-order valence-electron chi connectivity index (χ3n) is 3.91. The van der Waals surface area contributed by atoms with Crippen LogP contribution in [0.1, 0.15) is 72.1 Å². The van der Waals surface area contributed by atoms with E-state index in [2.05, 4.69) is 20.8 Å². The van der Waals surface area contributed by atoms with E-state index in [1.165, 1.54) is 51.4 Å². The van der Waals surface area contributed by atoms with E-state index in [1.807, 2.05) is 0 Å². The van der Waals surface area contributed by atoms with E-state index < -0.39 is 0 Å². The lowest BCUT2D eigenvalue weighted by Gasteiger charge is -2.27. The summed E-state index contributed by atoms with van der Waals surface area (Å²) < 4.78 is 0. The van der Waals surface area contributed by atoms with Crippen LogP contribution >= 0.6 is 0 Å². The molecule has 0 aromatic rings.